The molecule has 1 aliphatic rings. The van der Waals surface area contributed by atoms with Crippen LogP contribution in [0.2, 0.25) is 0 Å². The molecular weight excluding hydrogens is 252 g/mol. The smallest absolute Gasteiger partial charge is 0.239 e. The van der Waals surface area contributed by atoms with Crippen molar-refractivity contribution in [2.45, 2.75) is 45.8 Å². The maximum absolute atomic E-state index is 11.8. The lowest BCUT2D eigenvalue weighted by molar-refractivity contribution is -0.133. The third kappa shape index (κ3) is 3.51. The summed E-state index contributed by atoms with van der Waals surface area (Å²) in [4.78, 5) is 13.7. The minimum atomic E-state index is -0.411. The van der Waals surface area contributed by atoms with E-state index in [1.807, 2.05) is 4.90 Å². The van der Waals surface area contributed by atoms with E-state index >= 15 is 0 Å². The van der Waals surface area contributed by atoms with Gasteiger partial charge in [-0.1, -0.05) is 12.1 Å². The molecule has 2 N–H and O–H groups in total. The Labute approximate surface area is 120 Å². The molecule has 2 rings (SSSR count). The van der Waals surface area contributed by atoms with Gasteiger partial charge in [0.1, 0.15) is 11.9 Å². The fraction of sp³-hybridized carbons (Fsp3) is 0.562. The summed E-state index contributed by atoms with van der Waals surface area (Å²) in [5.74, 6) is 0.997. The highest BCUT2D eigenvalue weighted by molar-refractivity contribution is 5.81. The van der Waals surface area contributed by atoms with Gasteiger partial charge in [0.2, 0.25) is 5.91 Å². The number of aryl methyl sites for hydroxylation is 2. The lowest BCUT2D eigenvalue weighted by Gasteiger charge is -2.33. The van der Waals surface area contributed by atoms with Crippen LogP contribution in [0.4, 0.5) is 0 Å². The van der Waals surface area contributed by atoms with E-state index in [-0.39, 0.29) is 12.0 Å². The average Bonchev–Trinajstić information content (AvgIpc) is 2.43. The Balaban J connectivity index is 1.91. The van der Waals surface area contributed by atoms with Crippen LogP contribution in [0.3, 0.4) is 0 Å². The average molecular weight is 276 g/mol. The lowest BCUT2D eigenvalue weighted by Crippen LogP contribution is -2.47. The van der Waals surface area contributed by atoms with Crippen LogP contribution in [0, 0.1) is 13.8 Å². The number of rotatable bonds is 3. The molecule has 4 nitrogen and oxygen atoms in total. The molecule has 1 fully saturated rings. The van der Waals surface area contributed by atoms with Crippen molar-refractivity contribution >= 4 is 5.91 Å². The van der Waals surface area contributed by atoms with Crippen LogP contribution in [0.15, 0.2) is 18.2 Å². The molecular formula is C16H24N2O2. The fourth-order valence-electron chi connectivity index (χ4n) is 2.50. The number of ether oxygens (including phenoxy) is 1. The van der Waals surface area contributed by atoms with E-state index in [1.165, 1.54) is 5.56 Å². The number of hydrogen-bond acceptors (Lipinski definition) is 3. The summed E-state index contributed by atoms with van der Waals surface area (Å²) in [6.07, 6.45) is 1.92. The largest absolute Gasteiger partial charge is 0.490 e. The second-order valence-electron chi connectivity index (χ2n) is 5.70. The highest BCUT2D eigenvalue weighted by Gasteiger charge is 2.25. The Morgan fingerprint density at radius 3 is 2.60 bits per heavy atom. The van der Waals surface area contributed by atoms with E-state index in [4.69, 9.17) is 10.5 Å². The van der Waals surface area contributed by atoms with Crippen LogP contribution in [-0.2, 0) is 4.79 Å². The van der Waals surface area contributed by atoms with Crippen molar-refractivity contribution in [1.29, 1.82) is 0 Å². The van der Waals surface area contributed by atoms with Gasteiger partial charge in [0.25, 0.3) is 0 Å². The number of nitrogens with two attached hydrogens (primary N) is 1. The highest BCUT2D eigenvalue weighted by atomic mass is 16.5. The molecule has 110 valence electrons. The summed E-state index contributed by atoms with van der Waals surface area (Å²) in [5.41, 5.74) is 8.00. The first-order valence-electron chi connectivity index (χ1n) is 7.25. The molecule has 1 aliphatic heterocycles. The summed E-state index contributed by atoms with van der Waals surface area (Å²) < 4.78 is 6.09. The van der Waals surface area contributed by atoms with Crippen LogP contribution in [-0.4, -0.2) is 36.0 Å². The van der Waals surface area contributed by atoms with Gasteiger partial charge in [-0.25, -0.2) is 0 Å². The van der Waals surface area contributed by atoms with Gasteiger partial charge < -0.3 is 15.4 Å². The van der Waals surface area contributed by atoms with Gasteiger partial charge in [0, 0.05) is 25.9 Å². The van der Waals surface area contributed by atoms with E-state index in [1.54, 1.807) is 6.92 Å². The summed E-state index contributed by atoms with van der Waals surface area (Å²) in [5, 5.41) is 0. The number of benzene rings is 1. The molecule has 1 unspecified atom stereocenters. The highest BCUT2D eigenvalue weighted by Crippen LogP contribution is 2.24. The van der Waals surface area contributed by atoms with Crippen molar-refractivity contribution in [3.8, 4) is 5.75 Å². The Bertz CT molecular complexity index is 477. The van der Waals surface area contributed by atoms with Crippen LogP contribution in [0.5, 0.6) is 5.75 Å². The summed E-state index contributed by atoms with van der Waals surface area (Å²) in [7, 11) is 0. The van der Waals surface area contributed by atoms with Crippen LogP contribution < -0.4 is 10.5 Å². The van der Waals surface area contributed by atoms with Gasteiger partial charge in [0.15, 0.2) is 0 Å². The summed E-state index contributed by atoms with van der Waals surface area (Å²) in [6.45, 7) is 7.33. The zero-order valence-electron chi connectivity index (χ0n) is 12.6. The molecule has 1 aromatic rings. The molecule has 0 aromatic heterocycles. The van der Waals surface area contributed by atoms with E-state index in [0.717, 1.165) is 37.2 Å². The molecule has 0 radical (unpaired) electrons. The van der Waals surface area contributed by atoms with Crippen molar-refractivity contribution in [2.75, 3.05) is 13.1 Å². The molecule has 1 heterocycles. The van der Waals surface area contributed by atoms with Crippen molar-refractivity contribution in [2.24, 2.45) is 5.73 Å². The first-order chi connectivity index (χ1) is 9.47. The number of likely N-dealkylation sites (tertiary alicyclic amines) is 1. The van der Waals surface area contributed by atoms with Gasteiger partial charge in [0.05, 0.1) is 6.04 Å². The predicted molar refractivity (Wildman–Crippen MR) is 79.8 cm³/mol. The third-order valence-electron chi connectivity index (χ3n) is 3.78. The molecule has 0 saturated carbocycles. The molecule has 0 bridgehead atoms. The van der Waals surface area contributed by atoms with E-state index in [2.05, 4.69) is 32.0 Å². The van der Waals surface area contributed by atoms with Gasteiger partial charge >= 0.3 is 0 Å². The van der Waals surface area contributed by atoms with Crippen molar-refractivity contribution < 1.29 is 9.53 Å². The Hall–Kier alpha value is -1.55. The van der Waals surface area contributed by atoms with Gasteiger partial charge in [-0.3, -0.25) is 4.79 Å². The monoisotopic (exact) mass is 276 g/mol. The molecule has 1 atom stereocenters. The fourth-order valence-corrected chi connectivity index (χ4v) is 2.50. The van der Waals surface area contributed by atoms with Crippen LogP contribution in [0.1, 0.15) is 30.9 Å². The molecule has 1 saturated heterocycles. The molecule has 4 heteroatoms. The van der Waals surface area contributed by atoms with Gasteiger partial charge in [-0.05, 0) is 38.0 Å². The van der Waals surface area contributed by atoms with Crippen molar-refractivity contribution in [3.63, 3.8) is 0 Å². The summed E-state index contributed by atoms with van der Waals surface area (Å²) >= 11 is 0. The first kappa shape index (κ1) is 14.9. The third-order valence-corrected chi connectivity index (χ3v) is 3.78. The molecule has 1 aromatic carbocycles. The second kappa shape index (κ2) is 6.27. The topological polar surface area (TPSA) is 55.6 Å². The first-order valence-corrected chi connectivity index (χ1v) is 7.25. The quantitative estimate of drug-likeness (QED) is 0.919. The summed E-state index contributed by atoms with van der Waals surface area (Å²) in [6, 6.07) is 5.84. The standard InChI is InChI=1S/C16H24N2O2/c1-11-4-5-12(2)15(10-11)20-14-6-8-18(9-7-14)16(19)13(3)17/h4-5,10,13-14H,6-9,17H2,1-3H3. The Morgan fingerprint density at radius 2 is 2.00 bits per heavy atom. The number of piperidine rings is 1. The minimum Gasteiger partial charge on any atom is -0.490 e. The molecule has 0 aliphatic carbocycles. The zero-order chi connectivity index (χ0) is 14.7. The Kier molecular flexibility index (Phi) is 4.65. The lowest BCUT2D eigenvalue weighted by atomic mass is 10.1. The van der Waals surface area contributed by atoms with Crippen LogP contribution >= 0.6 is 0 Å². The van der Waals surface area contributed by atoms with Crippen LogP contribution in [0.25, 0.3) is 0 Å². The SMILES string of the molecule is Cc1ccc(C)c(OC2CCN(C(=O)C(C)N)CC2)c1. The van der Waals surface area contributed by atoms with Crippen molar-refractivity contribution in [1.82, 2.24) is 4.90 Å². The van der Waals surface area contributed by atoms with Gasteiger partial charge in [-0.15, -0.1) is 0 Å². The second-order valence-corrected chi connectivity index (χ2v) is 5.70. The normalized spacial score (nSPS) is 17.9. The molecule has 0 spiro atoms. The maximum atomic E-state index is 11.8. The molecule has 20 heavy (non-hydrogen) atoms. The van der Waals surface area contributed by atoms with Gasteiger partial charge in [-0.2, -0.15) is 0 Å². The van der Waals surface area contributed by atoms with E-state index in [0.29, 0.717) is 0 Å². The Morgan fingerprint density at radius 1 is 1.35 bits per heavy atom. The van der Waals surface area contributed by atoms with E-state index in [9.17, 15) is 4.79 Å². The zero-order valence-corrected chi connectivity index (χ0v) is 12.6. The van der Waals surface area contributed by atoms with E-state index < -0.39 is 6.04 Å². The van der Waals surface area contributed by atoms with Crippen molar-refractivity contribution in [3.05, 3.63) is 29.3 Å². The predicted octanol–water partition coefficient (Wildman–Crippen LogP) is 2.02. The number of hydrogen-bond donors (Lipinski definition) is 1. The number of amides is 1. The maximum Gasteiger partial charge on any atom is 0.239 e. The minimum absolute atomic E-state index is 0.0372. The number of carbonyl (C=O) groups is 1. The number of nitrogens with zero attached hydrogens (tertiary/aromatic N) is 1. The number of carbonyl (C=O) groups excluding carboxylic acids is 1. The molecule has 1 amide bonds.